The summed E-state index contributed by atoms with van der Waals surface area (Å²) in [5, 5.41) is 8.97. The second-order valence-corrected chi connectivity index (χ2v) is 4.31. The van der Waals surface area contributed by atoms with E-state index in [0.29, 0.717) is 32.5 Å². The van der Waals surface area contributed by atoms with Crippen LogP contribution in [0.3, 0.4) is 0 Å². The molecule has 1 rings (SSSR count). The van der Waals surface area contributed by atoms with Gasteiger partial charge < -0.3 is 14.7 Å². The van der Waals surface area contributed by atoms with Crippen molar-refractivity contribution in [3.63, 3.8) is 0 Å². The zero-order valence-corrected chi connectivity index (χ0v) is 10.5. The summed E-state index contributed by atoms with van der Waals surface area (Å²) in [6.45, 7) is 5.22. The van der Waals surface area contributed by atoms with Crippen LogP contribution >= 0.6 is 0 Å². The number of nitrogens with zero attached hydrogens (tertiary/aromatic N) is 1. The molecule has 0 aromatic carbocycles. The Hall–Kier alpha value is -1.10. The van der Waals surface area contributed by atoms with Crippen molar-refractivity contribution in [1.29, 1.82) is 0 Å². The van der Waals surface area contributed by atoms with Crippen LogP contribution in [0.4, 0.5) is 0 Å². The minimum absolute atomic E-state index is 0.0692. The molecule has 1 N–H and O–H groups in total. The third-order valence-electron chi connectivity index (χ3n) is 3.10. The number of carboxylic acid groups (broad SMARTS) is 1. The second-order valence-electron chi connectivity index (χ2n) is 4.31. The number of rotatable bonds is 5. The van der Waals surface area contributed by atoms with E-state index in [1.165, 1.54) is 0 Å². The summed E-state index contributed by atoms with van der Waals surface area (Å²) >= 11 is 0. The van der Waals surface area contributed by atoms with E-state index in [1.807, 2.05) is 13.8 Å². The first-order valence-electron chi connectivity index (χ1n) is 6.23. The van der Waals surface area contributed by atoms with Crippen molar-refractivity contribution < 1.29 is 19.4 Å². The lowest BCUT2D eigenvalue weighted by Gasteiger charge is -2.33. The van der Waals surface area contributed by atoms with Crippen LogP contribution in [-0.2, 0) is 14.3 Å². The lowest BCUT2D eigenvalue weighted by Crippen LogP contribution is -2.47. The standard InChI is InChI=1S/C12H21NO4/c1-3-10(17-4-2)11(14)13-7-5-6-9(8-13)12(15)16/h9-10H,3-8H2,1-2H3,(H,15,16)/t9-,10+/m0/s1. The van der Waals surface area contributed by atoms with Crippen LogP contribution in [0, 0.1) is 5.92 Å². The molecule has 1 aliphatic heterocycles. The van der Waals surface area contributed by atoms with Crippen molar-refractivity contribution in [1.82, 2.24) is 4.90 Å². The Kier molecular flexibility index (Phi) is 5.41. The van der Waals surface area contributed by atoms with Gasteiger partial charge in [-0.05, 0) is 26.2 Å². The van der Waals surface area contributed by atoms with Crippen molar-refractivity contribution in [2.75, 3.05) is 19.7 Å². The van der Waals surface area contributed by atoms with Gasteiger partial charge >= 0.3 is 5.97 Å². The number of carbonyl (C=O) groups excluding carboxylic acids is 1. The number of amides is 1. The Labute approximate surface area is 102 Å². The first-order valence-corrected chi connectivity index (χ1v) is 6.23. The largest absolute Gasteiger partial charge is 0.481 e. The molecule has 0 unspecified atom stereocenters. The Morgan fingerprint density at radius 2 is 2.18 bits per heavy atom. The monoisotopic (exact) mass is 243 g/mol. The zero-order chi connectivity index (χ0) is 12.8. The van der Waals surface area contributed by atoms with E-state index in [2.05, 4.69) is 0 Å². The predicted molar refractivity (Wildman–Crippen MR) is 62.6 cm³/mol. The van der Waals surface area contributed by atoms with E-state index in [0.717, 1.165) is 6.42 Å². The molecule has 0 radical (unpaired) electrons. The molecule has 98 valence electrons. The topological polar surface area (TPSA) is 66.8 Å². The summed E-state index contributed by atoms with van der Waals surface area (Å²) < 4.78 is 5.36. The molecular formula is C12H21NO4. The van der Waals surface area contributed by atoms with Crippen LogP contribution in [0.1, 0.15) is 33.1 Å². The fraction of sp³-hybridized carbons (Fsp3) is 0.833. The summed E-state index contributed by atoms with van der Waals surface area (Å²) in [6.07, 6.45) is 1.61. The van der Waals surface area contributed by atoms with E-state index in [1.54, 1.807) is 4.90 Å². The van der Waals surface area contributed by atoms with Gasteiger partial charge in [0, 0.05) is 19.7 Å². The minimum atomic E-state index is -0.813. The maximum Gasteiger partial charge on any atom is 0.308 e. The second kappa shape index (κ2) is 6.59. The lowest BCUT2D eigenvalue weighted by molar-refractivity contribution is -0.150. The van der Waals surface area contributed by atoms with Gasteiger partial charge in [-0.15, -0.1) is 0 Å². The van der Waals surface area contributed by atoms with Crippen LogP contribution in [0.5, 0.6) is 0 Å². The summed E-state index contributed by atoms with van der Waals surface area (Å²) in [4.78, 5) is 24.6. The van der Waals surface area contributed by atoms with E-state index in [4.69, 9.17) is 9.84 Å². The zero-order valence-electron chi connectivity index (χ0n) is 10.5. The van der Waals surface area contributed by atoms with Gasteiger partial charge in [-0.3, -0.25) is 9.59 Å². The number of piperidine rings is 1. The highest BCUT2D eigenvalue weighted by Gasteiger charge is 2.31. The fourth-order valence-electron chi connectivity index (χ4n) is 2.15. The maximum atomic E-state index is 12.1. The Bertz CT molecular complexity index is 280. The first-order chi connectivity index (χ1) is 8.10. The molecule has 1 fully saturated rings. The van der Waals surface area contributed by atoms with E-state index >= 15 is 0 Å². The highest BCUT2D eigenvalue weighted by molar-refractivity contribution is 5.82. The molecular weight excluding hydrogens is 222 g/mol. The van der Waals surface area contributed by atoms with Gasteiger partial charge in [-0.25, -0.2) is 0 Å². The summed E-state index contributed by atoms with van der Waals surface area (Å²) in [5.74, 6) is -1.31. The summed E-state index contributed by atoms with van der Waals surface area (Å²) in [5.41, 5.74) is 0. The summed E-state index contributed by atoms with van der Waals surface area (Å²) in [6, 6.07) is 0. The number of aliphatic carboxylic acids is 1. The van der Waals surface area contributed by atoms with Gasteiger partial charge in [-0.2, -0.15) is 0 Å². The fourth-order valence-corrected chi connectivity index (χ4v) is 2.15. The Morgan fingerprint density at radius 1 is 1.47 bits per heavy atom. The lowest BCUT2D eigenvalue weighted by atomic mass is 9.98. The smallest absolute Gasteiger partial charge is 0.308 e. The molecule has 5 heteroatoms. The van der Waals surface area contributed by atoms with Crippen molar-refractivity contribution in [2.24, 2.45) is 5.92 Å². The molecule has 0 bridgehead atoms. The van der Waals surface area contributed by atoms with Gasteiger partial charge in [0.2, 0.25) is 0 Å². The molecule has 0 aromatic rings. The molecule has 0 saturated carbocycles. The van der Waals surface area contributed by atoms with Crippen molar-refractivity contribution >= 4 is 11.9 Å². The van der Waals surface area contributed by atoms with E-state index in [-0.39, 0.29) is 5.91 Å². The highest BCUT2D eigenvalue weighted by atomic mass is 16.5. The van der Waals surface area contributed by atoms with Crippen LogP contribution < -0.4 is 0 Å². The molecule has 1 saturated heterocycles. The van der Waals surface area contributed by atoms with Crippen molar-refractivity contribution in [3.8, 4) is 0 Å². The minimum Gasteiger partial charge on any atom is -0.481 e. The van der Waals surface area contributed by atoms with Gasteiger partial charge in [0.25, 0.3) is 5.91 Å². The third kappa shape index (κ3) is 3.70. The number of carboxylic acids is 1. The van der Waals surface area contributed by atoms with Crippen molar-refractivity contribution in [2.45, 2.75) is 39.2 Å². The number of likely N-dealkylation sites (tertiary alicyclic amines) is 1. The quantitative estimate of drug-likeness (QED) is 0.786. The van der Waals surface area contributed by atoms with Gasteiger partial charge in [-0.1, -0.05) is 6.92 Å². The van der Waals surface area contributed by atoms with Crippen LogP contribution in [-0.4, -0.2) is 47.7 Å². The molecule has 0 aromatic heterocycles. The highest BCUT2D eigenvalue weighted by Crippen LogP contribution is 2.18. The van der Waals surface area contributed by atoms with Gasteiger partial charge in [0.15, 0.2) is 0 Å². The Balaban J connectivity index is 2.58. The van der Waals surface area contributed by atoms with Crippen LogP contribution in [0.25, 0.3) is 0 Å². The number of carbonyl (C=O) groups is 2. The average molecular weight is 243 g/mol. The van der Waals surface area contributed by atoms with E-state index in [9.17, 15) is 9.59 Å². The normalized spacial score (nSPS) is 22.2. The summed E-state index contributed by atoms with van der Waals surface area (Å²) in [7, 11) is 0. The van der Waals surface area contributed by atoms with Crippen LogP contribution in [0.2, 0.25) is 0 Å². The number of hydrogen-bond donors (Lipinski definition) is 1. The number of hydrogen-bond acceptors (Lipinski definition) is 3. The molecule has 0 spiro atoms. The molecule has 2 atom stereocenters. The predicted octanol–water partition coefficient (Wildman–Crippen LogP) is 1.12. The average Bonchev–Trinajstić information content (AvgIpc) is 2.35. The maximum absolute atomic E-state index is 12.1. The molecule has 1 heterocycles. The SMILES string of the molecule is CCO[C@H](CC)C(=O)N1CCC[C@H](C(=O)O)C1. The van der Waals surface area contributed by atoms with Gasteiger partial charge in [0.1, 0.15) is 6.10 Å². The van der Waals surface area contributed by atoms with Crippen LogP contribution in [0.15, 0.2) is 0 Å². The third-order valence-corrected chi connectivity index (χ3v) is 3.10. The molecule has 1 aliphatic rings. The molecule has 0 aliphatic carbocycles. The van der Waals surface area contributed by atoms with Gasteiger partial charge in [0.05, 0.1) is 5.92 Å². The molecule has 17 heavy (non-hydrogen) atoms. The Morgan fingerprint density at radius 3 is 2.71 bits per heavy atom. The number of ether oxygens (including phenoxy) is 1. The molecule has 1 amide bonds. The molecule has 5 nitrogen and oxygen atoms in total. The van der Waals surface area contributed by atoms with Crippen molar-refractivity contribution in [3.05, 3.63) is 0 Å². The first kappa shape index (κ1) is 14.0. The van der Waals surface area contributed by atoms with E-state index < -0.39 is 18.0 Å².